The van der Waals surface area contributed by atoms with Crippen molar-refractivity contribution in [3.05, 3.63) is 11.4 Å². The monoisotopic (exact) mass is 306 g/mol. The van der Waals surface area contributed by atoms with Crippen LogP contribution in [0.25, 0.3) is 10.2 Å². The van der Waals surface area contributed by atoms with Gasteiger partial charge in [0.2, 0.25) is 5.95 Å². The third-order valence-corrected chi connectivity index (χ3v) is 4.78. The van der Waals surface area contributed by atoms with Gasteiger partial charge in [-0.1, -0.05) is 6.92 Å². The Morgan fingerprint density at radius 1 is 1.38 bits per heavy atom. The second-order valence-corrected chi connectivity index (χ2v) is 6.82. The molecule has 0 aromatic carbocycles. The van der Waals surface area contributed by atoms with Gasteiger partial charge >= 0.3 is 0 Å². The predicted molar refractivity (Wildman–Crippen MR) is 88.3 cm³/mol. The van der Waals surface area contributed by atoms with Crippen LogP contribution in [0.2, 0.25) is 0 Å². The van der Waals surface area contributed by atoms with Crippen LogP contribution in [0.5, 0.6) is 0 Å². The number of hydrogen-bond donors (Lipinski definition) is 2. The number of nitrogens with zero attached hydrogens (tertiary/aromatic N) is 3. The van der Waals surface area contributed by atoms with Gasteiger partial charge in [0.1, 0.15) is 10.6 Å². The highest BCUT2D eigenvalue weighted by atomic mass is 32.1. The van der Waals surface area contributed by atoms with Crippen molar-refractivity contribution in [1.29, 1.82) is 0 Å². The van der Waals surface area contributed by atoms with Crippen molar-refractivity contribution in [1.82, 2.24) is 9.97 Å². The number of piperidine rings is 1. The Morgan fingerprint density at radius 2 is 2.14 bits per heavy atom. The third kappa shape index (κ3) is 3.11. The molecule has 1 fully saturated rings. The lowest BCUT2D eigenvalue weighted by molar-refractivity contribution is 0.0350. The molecule has 1 aliphatic rings. The smallest absolute Gasteiger partial charge is 0.226 e. The summed E-state index contributed by atoms with van der Waals surface area (Å²) in [5.74, 6) is 1.70. The molecule has 0 atom stereocenters. The third-order valence-electron chi connectivity index (χ3n) is 3.98. The van der Waals surface area contributed by atoms with Crippen LogP contribution < -0.4 is 10.2 Å². The SMILES string of the molecule is CCCNc1nc(N2CCC(C)(O)CC2)c2ccsc2n1. The van der Waals surface area contributed by atoms with E-state index in [-0.39, 0.29) is 0 Å². The molecule has 0 radical (unpaired) electrons. The molecule has 3 heterocycles. The van der Waals surface area contributed by atoms with Gasteiger partial charge in [-0.2, -0.15) is 4.98 Å². The number of nitrogens with one attached hydrogen (secondary N) is 1. The Kier molecular flexibility index (Phi) is 3.99. The summed E-state index contributed by atoms with van der Waals surface area (Å²) >= 11 is 1.65. The minimum absolute atomic E-state index is 0.541. The van der Waals surface area contributed by atoms with Gasteiger partial charge in [0.25, 0.3) is 0 Å². The van der Waals surface area contributed by atoms with Crippen LogP contribution in [0.4, 0.5) is 11.8 Å². The first-order chi connectivity index (χ1) is 10.1. The Balaban J connectivity index is 1.91. The Morgan fingerprint density at radius 3 is 2.86 bits per heavy atom. The van der Waals surface area contributed by atoms with Gasteiger partial charge in [-0.05, 0) is 37.6 Å². The molecule has 0 saturated carbocycles. The second kappa shape index (κ2) is 5.77. The fraction of sp³-hybridized carbons (Fsp3) is 0.600. The van der Waals surface area contributed by atoms with Crippen molar-refractivity contribution in [3.8, 4) is 0 Å². The van der Waals surface area contributed by atoms with Gasteiger partial charge in [-0.3, -0.25) is 0 Å². The maximum absolute atomic E-state index is 10.1. The maximum atomic E-state index is 10.1. The molecule has 114 valence electrons. The van der Waals surface area contributed by atoms with Crippen molar-refractivity contribution >= 4 is 33.3 Å². The van der Waals surface area contributed by atoms with E-state index >= 15 is 0 Å². The quantitative estimate of drug-likeness (QED) is 0.909. The van der Waals surface area contributed by atoms with E-state index in [1.54, 1.807) is 11.3 Å². The van der Waals surface area contributed by atoms with E-state index in [4.69, 9.17) is 4.98 Å². The molecule has 2 N–H and O–H groups in total. The summed E-state index contributed by atoms with van der Waals surface area (Å²) < 4.78 is 0. The van der Waals surface area contributed by atoms with E-state index in [9.17, 15) is 5.11 Å². The van der Waals surface area contributed by atoms with Crippen molar-refractivity contribution in [3.63, 3.8) is 0 Å². The standard InChI is InChI=1S/C15H22N4OS/c1-3-7-16-14-17-12(11-4-10-21-13(11)18-14)19-8-5-15(2,20)6-9-19/h4,10,20H,3,5-9H2,1-2H3,(H,16,17,18). The molecule has 2 aromatic rings. The van der Waals surface area contributed by atoms with Crippen molar-refractivity contribution in [2.75, 3.05) is 29.9 Å². The van der Waals surface area contributed by atoms with Crippen LogP contribution in [0.15, 0.2) is 11.4 Å². The van der Waals surface area contributed by atoms with Gasteiger partial charge in [0.15, 0.2) is 0 Å². The van der Waals surface area contributed by atoms with Gasteiger partial charge in [-0.25, -0.2) is 4.98 Å². The molecule has 0 bridgehead atoms. The molecule has 5 nitrogen and oxygen atoms in total. The normalized spacial score (nSPS) is 18.1. The second-order valence-electron chi connectivity index (χ2n) is 5.92. The van der Waals surface area contributed by atoms with Crippen LogP contribution in [0, 0.1) is 0 Å². The molecule has 2 aromatic heterocycles. The lowest BCUT2D eigenvalue weighted by Crippen LogP contribution is -2.42. The fourth-order valence-electron chi connectivity index (χ4n) is 2.60. The zero-order chi connectivity index (χ0) is 14.9. The highest BCUT2D eigenvalue weighted by Crippen LogP contribution is 2.32. The van der Waals surface area contributed by atoms with E-state index in [0.29, 0.717) is 5.95 Å². The summed E-state index contributed by atoms with van der Waals surface area (Å²) in [6.07, 6.45) is 2.61. The van der Waals surface area contributed by atoms with Crippen LogP contribution in [0.1, 0.15) is 33.1 Å². The zero-order valence-corrected chi connectivity index (χ0v) is 13.4. The summed E-state index contributed by atoms with van der Waals surface area (Å²) in [7, 11) is 0. The average molecular weight is 306 g/mol. The van der Waals surface area contributed by atoms with Crippen molar-refractivity contribution in [2.24, 2.45) is 0 Å². The maximum Gasteiger partial charge on any atom is 0.226 e. The van der Waals surface area contributed by atoms with E-state index in [2.05, 4.69) is 33.6 Å². The first-order valence-electron chi connectivity index (χ1n) is 7.55. The number of aromatic nitrogens is 2. The fourth-order valence-corrected chi connectivity index (χ4v) is 3.36. The minimum Gasteiger partial charge on any atom is -0.390 e. The topological polar surface area (TPSA) is 61.3 Å². The van der Waals surface area contributed by atoms with Crippen LogP contribution in [0.3, 0.4) is 0 Å². The zero-order valence-electron chi connectivity index (χ0n) is 12.6. The Hall–Kier alpha value is -1.40. The van der Waals surface area contributed by atoms with Crippen LogP contribution in [-0.4, -0.2) is 40.3 Å². The van der Waals surface area contributed by atoms with E-state index in [1.165, 1.54) is 0 Å². The first kappa shape index (κ1) is 14.5. The predicted octanol–water partition coefficient (Wildman–Crippen LogP) is 2.86. The number of fused-ring (bicyclic) bond motifs is 1. The van der Waals surface area contributed by atoms with Gasteiger partial charge in [0, 0.05) is 19.6 Å². The van der Waals surface area contributed by atoms with Crippen molar-refractivity contribution < 1.29 is 5.11 Å². The summed E-state index contributed by atoms with van der Waals surface area (Å²) in [4.78, 5) is 12.6. The molecular weight excluding hydrogens is 284 g/mol. The van der Waals surface area contributed by atoms with Gasteiger partial charge in [-0.15, -0.1) is 11.3 Å². The number of thiophene rings is 1. The molecule has 6 heteroatoms. The lowest BCUT2D eigenvalue weighted by atomic mass is 9.94. The molecule has 3 rings (SSSR count). The van der Waals surface area contributed by atoms with Crippen LogP contribution in [-0.2, 0) is 0 Å². The molecule has 0 aliphatic carbocycles. The number of hydrogen-bond acceptors (Lipinski definition) is 6. The lowest BCUT2D eigenvalue weighted by Gasteiger charge is -2.36. The van der Waals surface area contributed by atoms with Gasteiger partial charge < -0.3 is 15.3 Å². The van der Waals surface area contributed by atoms with E-state index in [0.717, 1.165) is 54.9 Å². The van der Waals surface area contributed by atoms with Gasteiger partial charge in [0.05, 0.1) is 11.0 Å². The van der Waals surface area contributed by atoms with Crippen LogP contribution >= 0.6 is 11.3 Å². The summed E-state index contributed by atoms with van der Waals surface area (Å²) in [6.45, 7) is 6.60. The highest BCUT2D eigenvalue weighted by Gasteiger charge is 2.29. The molecule has 1 aliphatic heterocycles. The molecule has 21 heavy (non-hydrogen) atoms. The summed E-state index contributed by atoms with van der Waals surface area (Å²) in [6, 6.07) is 2.09. The molecule has 0 unspecified atom stereocenters. The molecular formula is C15H22N4OS. The molecule has 1 saturated heterocycles. The summed E-state index contributed by atoms with van der Waals surface area (Å²) in [5.41, 5.74) is -0.541. The molecule has 0 spiro atoms. The molecule has 0 amide bonds. The number of anilines is 2. The minimum atomic E-state index is -0.541. The van der Waals surface area contributed by atoms with Crippen molar-refractivity contribution in [2.45, 2.75) is 38.7 Å². The number of aliphatic hydroxyl groups is 1. The van der Waals surface area contributed by atoms with E-state index in [1.807, 2.05) is 6.92 Å². The Bertz CT molecular complexity index is 615. The average Bonchev–Trinajstić information content (AvgIpc) is 2.92. The Labute approximate surface area is 129 Å². The first-order valence-corrected chi connectivity index (χ1v) is 8.43. The van der Waals surface area contributed by atoms with E-state index < -0.39 is 5.60 Å². The summed E-state index contributed by atoms with van der Waals surface area (Å²) in [5, 5.41) is 16.6. The largest absolute Gasteiger partial charge is 0.390 e. The number of rotatable bonds is 4. The highest BCUT2D eigenvalue weighted by molar-refractivity contribution is 7.16.